The lowest BCUT2D eigenvalue weighted by atomic mass is 10.2. The molecule has 0 aliphatic carbocycles. The van der Waals surface area contributed by atoms with Crippen LogP contribution in [0.2, 0.25) is 0 Å². The molecule has 7 heteroatoms. The number of nitriles is 1. The number of nitrogens with zero attached hydrogens (tertiary/aromatic N) is 6. The fraction of sp³-hybridized carbons (Fsp3) is 0.375. The van der Waals surface area contributed by atoms with Crippen LogP contribution in [0, 0.1) is 11.3 Å². The van der Waals surface area contributed by atoms with E-state index in [1.54, 1.807) is 18.5 Å². The minimum atomic E-state index is 0.638. The number of aromatic nitrogens is 3. The third-order valence-electron chi connectivity index (χ3n) is 3.76. The summed E-state index contributed by atoms with van der Waals surface area (Å²) in [7, 11) is 0. The van der Waals surface area contributed by atoms with E-state index in [2.05, 4.69) is 36.1 Å². The van der Waals surface area contributed by atoms with E-state index in [1.807, 2.05) is 19.1 Å². The first-order valence-corrected chi connectivity index (χ1v) is 7.73. The molecule has 1 fully saturated rings. The van der Waals surface area contributed by atoms with Gasteiger partial charge in [-0.25, -0.2) is 9.97 Å². The Labute approximate surface area is 135 Å². The van der Waals surface area contributed by atoms with Crippen molar-refractivity contribution in [3.8, 4) is 6.07 Å². The lowest BCUT2D eigenvalue weighted by molar-refractivity contribution is 0.635. The summed E-state index contributed by atoms with van der Waals surface area (Å²) in [6.45, 7) is 6.20. The summed E-state index contributed by atoms with van der Waals surface area (Å²) in [5.41, 5.74) is 0.638. The minimum Gasteiger partial charge on any atom is -0.370 e. The van der Waals surface area contributed by atoms with Crippen LogP contribution in [0.15, 0.2) is 30.6 Å². The van der Waals surface area contributed by atoms with Gasteiger partial charge in [0.15, 0.2) is 0 Å². The molecule has 0 atom stereocenters. The second kappa shape index (κ2) is 6.92. The Kier molecular flexibility index (Phi) is 4.52. The highest BCUT2D eigenvalue weighted by molar-refractivity contribution is 5.47. The zero-order valence-corrected chi connectivity index (χ0v) is 13.1. The molecule has 2 aromatic rings. The Morgan fingerprint density at radius 2 is 1.87 bits per heavy atom. The summed E-state index contributed by atoms with van der Waals surface area (Å²) in [5, 5.41) is 12.2. The molecule has 1 N–H and O–H groups in total. The highest BCUT2D eigenvalue weighted by Gasteiger charge is 2.20. The van der Waals surface area contributed by atoms with Crippen LogP contribution in [0.4, 0.5) is 17.6 Å². The van der Waals surface area contributed by atoms with E-state index in [4.69, 9.17) is 5.26 Å². The van der Waals surface area contributed by atoms with E-state index in [0.29, 0.717) is 5.56 Å². The number of pyridine rings is 1. The maximum absolute atomic E-state index is 8.99. The van der Waals surface area contributed by atoms with Crippen LogP contribution in [-0.4, -0.2) is 47.7 Å². The van der Waals surface area contributed by atoms with Gasteiger partial charge < -0.3 is 15.1 Å². The molecule has 1 aliphatic heterocycles. The Morgan fingerprint density at radius 1 is 1.13 bits per heavy atom. The summed E-state index contributed by atoms with van der Waals surface area (Å²) < 4.78 is 0. The molecule has 2 aromatic heterocycles. The molecule has 0 radical (unpaired) electrons. The van der Waals surface area contributed by atoms with Gasteiger partial charge in [0.2, 0.25) is 5.95 Å². The van der Waals surface area contributed by atoms with Crippen molar-refractivity contribution in [2.75, 3.05) is 47.8 Å². The van der Waals surface area contributed by atoms with Crippen molar-refractivity contribution in [2.45, 2.75) is 6.92 Å². The number of hydrogen-bond donors (Lipinski definition) is 1. The average molecular weight is 309 g/mol. The predicted molar refractivity (Wildman–Crippen MR) is 89.6 cm³/mol. The average Bonchev–Trinajstić information content (AvgIpc) is 2.62. The van der Waals surface area contributed by atoms with Gasteiger partial charge in [-0.05, 0) is 25.1 Å². The van der Waals surface area contributed by atoms with Crippen LogP contribution in [0.1, 0.15) is 12.5 Å². The number of piperazine rings is 1. The fourth-order valence-corrected chi connectivity index (χ4v) is 2.58. The smallest absolute Gasteiger partial charge is 0.227 e. The first-order valence-electron chi connectivity index (χ1n) is 7.73. The largest absolute Gasteiger partial charge is 0.370 e. The maximum atomic E-state index is 8.99. The number of nitrogens with one attached hydrogen (secondary N) is 1. The Balaban J connectivity index is 1.66. The van der Waals surface area contributed by atoms with Crippen LogP contribution in [-0.2, 0) is 0 Å². The van der Waals surface area contributed by atoms with E-state index in [0.717, 1.165) is 50.3 Å². The molecule has 0 spiro atoms. The van der Waals surface area contributed by atoms with Crippen LogP contribution < -0.4 is 15.1 Å². The number of anilines is 3. The van der Waals surface area contributed by atoms with Gasteiger partial charge in [0, 0.05) is 45.1 Å². The summed E-state index contributed by atoms with van der Waals surface area (Å²) in [5.74, 6) is 2.45. The van der Waals surface area contributed by atoms with E-state index in [9.17, 15) is 0 Å². The maximum Gasteiger partial charge on any atom is 0.227 e. The second-order valence-corrected chi connectivity index (χ2v) is 5.26. The fourth-order valence-electron chi connectivity index (χ4n) is 2.58. The first kappa shape index (κ1) is 15.0. The minimum absolute atomic E-state index is 0.638. The normalized spacial score (nSPS) is 14.4. The standard InChI is InChI=1S/C16H19N7/c1-2-18-14-4-6-20-16(21-14)23-9-7-22(8-10-23)15-11-13(12-17)3-5-19-15/h3-6,11H,2,7-10H2,1H3,(H,18,20,21). The summed E-state index contributed by atoms with van der Waals surface area (Å²) in [6, 6.07) is 7.58. The van der Waals surface area contributed by atoms with Crippen molar-refractivity contribution in [1.29, 1.82) is 5.26 Å². The first-order chi connectivity index (χ1) is 11.3. The molecule has 0 aromatic carbocycles. The van der Waals surface area contributed by atoms with Crippen LogP contribution in [0.25, 0.3) is 0 Å². The molecule has 23 heavy (non-hydrogen) atoms. The molecule has 118 valence electrons. The predicted octanol–water partition coefficient (Wildman–Crippen LogP) is 1.50. The van der Waals surface area contributed by atoms with Crippen molar-refractivity contribution in [3.05, 3.63) is 36.2 Å². The van der Waals surface area contributed by atoms with Crippen LogP contribution in [0.3, 0.4) is 0 Å². The molecule has 7 nitrogen and oxygen atoms in total. The molecular weight excluding hydrogens is 290 g/mol. The lowest BCUT2D eigenvalue weighted by Gasteiger charge is -2.35. The molecule has 0 amide bonds. The van der Waals surface area contributed by atoms with E-state index in [1.165, 1.54) is 0 Å². The van der Waals surface area contributed by atoms with E-state index >= 15 is 0 Å². The zero-order valence-electron chi connectivity index (χ0n) is 13.1. The number of rotatable bonds is 4. The summed E-state index contributed by atoms with van der Waals surface area (Å²) >= 11 is 0. The van der Waals surface area contributed by atoms with Gasteiger partial charge in [-0.1, -0.05) is 0 Å². The second-order valence-electron chi connectivity index (χ2n) is 5.26. The van der Waals surface area contributed by atoms with Gasteiger partial charge in [0.25, 0.3) is 0 Å². The summed E-state index contributed by atoms with van der Waals surface area (Å²) in [4.78, 5) is 17.6. The Bertz CT molecular complexity index is 702. The highest BCUT2D eigenvalue weighted by Crippen LogP contribution is 2.18. The highest BCUT2D eigenvalue weighted by atomic mass is 15.3. The molecule has 1 aliphatic rings. The van der Waals surface area contributed by atoms with E-state index in [-0.39, 0.29) is 0 Å². The van der Waals surface area contributed by atoms with Crippen molar-refractivity contribution in [1.82, 2.24) is 15.0 Å². The molecule has 0 saturated carbocycles. The summed E-state index contributed by atoms with van der Waals surface area (Å²) in [6.07, 6.45) is 3.47. The van der Waals surface area contributed by atoms with Crippen molar-refractivity contribution in [2.24, 2.45) is 0 Å². The molecular formula is C16H19N7. The van der Waals surface area contributed by atoms with Gasteiger partial charge in [-0.3, -0.25) is 0 Å². The molecule has 3 heterocycles. The third kappa shape index (κ3) is 3.48. The Hall–Kier alpha value is -2.88. The third-order valence-corrected chi connectivity index (χ3v) is 3.76. The molecule has 0 bridgehead atoms. The van der Waals surface area contributed by atoms with Gasteiger partial charge in [-0.15, -0.1) is 0 Å². The Morgan fingerprint density at radius 3 is 2.61 bits per heavy atom. The van der Waals surface area contributed by atoms with Gasteiger partial charge in [0.1, 0.15) is 11.6 Å². The van der Waals surface area contributed by atoms with Gasteiger partial charge >= 0.3 is 0 Å². The quantitative estimate of drug-likeness (QED) is 0.916. The monoisotopic (exact) mass is 309 g/mol. The van der Waals surface area contributed by atoms with Crippen molar-refractivity contribution in [3.63, 3.8) is 0 Å². The topological polar surface area (TPSA) is 81.0 Å². The van der Waals surface area contributed by atoms with Gasteiger partial charge in [-0.2, -0.15) is 10.2 Å². The van der Waals surface area contributed by atoms with Crippen LogP contribution >= 0.6 is 0 Å². The number of hydrogen-bond acceptors (Lipinski definition) is 7. The molecule has 0 unspecified atom stereocenters. The zero-order chi connectivity index (χ0) is 16.1. The van der Waals surface area contributed by atoms with Crippen LogP contribution in [0.5, 0.6) is 0 Å². The molecule has 1 saturated heterocycles. The lowest BCUT2D eigenvalue weighted by Crippen LogP contribution is -2.47. The van der Waals surface area contributed by atoms with Crippen molar-refractivity contribution >= 4 is 17.6 Å². The molecule has 3 rings (SSSR count). The van der Waals surface area contributed by atoms with E-state index < -0.39 is 0 Å². The SMILES string of the molecule is CCNc1ccnc(N2CCN(c3cc(C#N)ccn3)CC2)n1. The van der Waals surface area contributed by atoms with Crippen molar-refractivity contribution < 1.29 is 0 Å². The van der Waals surface area contributed by atoms with Gasteiger partial charge in [0.05, 0.1) is 11.6 Å².